The lowest BCUT2D eigenvalue weighted by molar-refractivity contribution is 0.120. The van der Waals surface area contributed by atoms with Crippen LogP contribution in [0.2, 0.25) is 0 Å². The van der Waals surface area contributed by atoms with Gasteiger partial charge in [0.05, 0.1) is 13.1 Å². The van der Waals surface area contributed by atoms with Crippen LogP contribution in [0.15, 0.2) is 0 Å². The Kier molecular flexibility index (Phi) is 4.19. The number of rotatable bonds is 2. The van der Waals surface area contributed by atoms with Gasteiger partial charge in [0.2, 0.25) is 0 Å². The molecule has 0 aromatic carbocycles. The standard InChI is InChI=1S/C6H12ClNO2/c1-5(2)8(4-7)6(9)10-3/h5H,4H2,1-3H3. The maximum Gasteiger partial charge on any atom is 0.410 e. The van der Waals surface area contributed by atoms with Crippen LogP contribution in [0.25, 0.3) is 0 Å². The highest BCUT2D eigenvalue weighted by Gasteiger charge is 2.14. The van der Waals surface area contributed by atoms with E-state index in [1.807, 2.05) is 13.8 Å². The minimum absolute atomic E-state index is 0.0879. The zero-order chi connectivity index (χ0) is 8.15. The molecule has 0 aromatic rings. The number of hydrogen-bond donors (Lipinski definition) is 0. The first-order valence-electron chi connectivity index (χ1n) is 3.04. The van der Waals surface area contributed by atoms with Gasteiger partial charge in [0.25, 0.3) is 0 Å². The number of methoxy groups -OCH3 is 1. The Hall–Kier alpha value is -0.440. The summed E-state index contributed by atoms with van der Waals surface area (Å²) in [6.07, 6.45) is -0.384. The molecular formula is C6H12ClNO2. The van der Waals surface area contributed by atoms with Crippen LogP contribution in [-0.2, 0) is 4.74 Å². The fourth-order valence-electron chi connectivity index (χ4n) is 0.515. The van der Waals surface area contributed by atoms with E-state index in [0.29, 0.717) is 0 Å². The molecule has 0 radical (unpaired) electrons. The molecule has 0 aromatic heterocycles. The summed E-state index contributed by atoms with van der Waals surface area (Å²) in [5.41, 5.74) is 0. The Labute approximate surface area is 65.9 Å². The number of carbonyl (C=O) groups is 1. The van der Waals surface area contributed by atoms with Crippen LogP contribution in [0.4, 0.5) is 4.79 Å². The highest BCUT2D eigenvalue weighted by atomic mass is 35.5. The van der Waals surface area contributed by atoms with E-state index in [1.54, 1.807) is 0 Å². The molecule has 0 spiro atoms. The summed E-state index contributed by atoms with van der Waals surface area (Å²) < 4.78 is 4.47. The fraction of sp³-hybridized carbons (Fsp3) is 0.833. The van der Waals surface area contributed by atoms with E-state index >= 15 is 0 Å². The lowest BCUT2D eigenvalue weighted by atomic mass is 10.4. The van der Waals surface area contributed by atoms with Crippen molar-refractivity contribution in [1.29, 1.82) is 0 Å². The maximum absolute atomic E-state index is 10.8. The molecule has 0 saturated heterocycles. The lowest BCUT2D eigenvalue weighted by Crippen LogP contribution is -2.35. The molecule has 1 amide bonds. The summed E-state index contributed by atoms with van der Waals surface area (Å²) in [5.74, 6) is 0. The van der Waals surface area contributed by atoms with Crippen molar-refractivity contribution in [2.45, 2.75) is 19.9 Å². The van der Waals surface area contributed by atoms with Crippen LogP contribution >= 0.6 is 11.6 Å². The van der Waals surface area contributed by atoms with Crippen LogP contribution in [0.5, 0.6) is 0 Å². The maximum atomic E-state index is 10.8. The van der Waals surface area contributed by atoms with Gasteiger partial charge in [0.15, 0.2) is 0 Å². The number of ether oxygens (including phenoxy) is 1. The van der Waals surface area contributed by atoms with Crippen molar-refractivity contribution >= 4 is 17.7 Å². The Morgan fingerprint density at radius 3 is 2.30 bits per heavy atom. The summed E-state index contributed by atoms with van der Waals surface area (Å²) in [5, 5.41) is 0. The molecule has 0 aliphatic heterocycles. The van der Waals surface area contributed by atoms with E-state index in [4.69, 9.17) is 11.6 Å². The molecule has 0 aliphatic carbocycles. The summed E-state index contributed by atoms with van der Waals surface area (Å²) in [6.45, 7) is 3.75. The van der Waals surface area contributed by atoms with Crippen molar-refractivity contribution in [3.8, 4) is 0 Å². The number of hydrogen-bond acceptors (Lipinski definition) is 2. The third-order valence-electron chi connectivity index (χ3n) is 1.16. The van der Waals surface area contributed by atoms with Crippen molar-refractivity contribution < 1.29 is 9.53 Å². The first-order chi connectivity index (χ1) is 4.63. The van der Waals surface area contributed by atoms with Gasteiger partial charge in [-0.05, 0) is 13.8 Å². The fourth-order valence-corrected chi connectivity index (χ4v) is 0.888. The van der Waals surface area contributed by atoms with Crippen LogP contribution in [0.3, 0.4) is 0 Å². The van der Waals surface area contributed by atoms with Gasteiger partial charge in [-0.15, -0.1) is 11.6 Å². The van der Waals surface area contributed by atoms with Gasteiger partial charge in [-0.3, -0.25) is 4.90 Å². The summed E-state index contributed by atoms with van der Waals surface area (Å²) in [6, 6.07) is 0.259. The Morgan fingerprint density at radius 1 is 1.70 bits per heavy atom. The van der Waals surface area contributed by atoms with Gasteiger partial charge in [-0.2, -0.15) is 0 Å². The highest BCUT2D eigenvalue weighted by molar-refractivity contribution is 6.18. The van der Waals surface area contributed by atoms with E-state index in [0.717, 1.165) is 0 Å². The molecule has 3 nitrogen and oxygen atoms in total. The molecule has 60 valence electrons. The van der Waals surface area contributed by atoms with Crippen molar-refractivity contribution in [2.24, 2.45) is 0 Å². The van der Waals surface area contributed by atoms with Gasteiger partial charge >= 0.3 is 6.09 Å². The minimum atomic E-state index is -0.384. The molecule has 0 aliphatic rings. The van der Waals surface area contributed by atoms with E-state index < -0.39 is 0 Å². The molecule has 0 unspecified atom stereocenters. The van der Waals surface area contributed by atoms with Crippen LogP contribution in [-0.4, -0.2) is 30.1 Å². The third-order valence-corrected chi connectivity index (χ3v) is 1.42. The van der Waals surface area contributed by atoms with Gasteiger partial charge in [-0.25, -0.2) is 4.79 Å². The SMILES string of the molecule is COC(=O)N(CCl)C(C)C. The van der Waals surface area contributed by atoms with Crippen LogP contribution in [0.1, 0.15) is 13.8 Å². The Bertz CT molecular complexity index is 116. The van der Waals surface area contributed by atoms with Crippen LogP contribution < -0.4 is 0 Å². The smallest absolute Gasteiger partial charge is 0.410 e. The highest BCUT2D eigenvalue weighted by Crippen LogP contribution is 2.01. The van der Waals surface area contributed by atoms with Gasteiger partial charge in [0, 0.05) is 6.04 Å². The second-order valence-corrected chi connectivity index (χ2v) is 2.39. The summed E-state index contributed by atoms with van der Waals surface area (Å²) in [7, 11) is 1.34. The van der Waals surface area contributed by atoms with Crippen molar-refractivity contribution in [1.82, 2.24) is 4.90 Å². The molecular weight excluding hydrogens is 154 g/mol. The largest absolute Gasteiger partial charge is 0.453 e. The average Bonchev–Trinajstić information content (AvgIpc) is 1.88. The Morgan fingerprint density at radius 2 is 2.20 bits per heavy atom. The summed E-state index contributed by atoms with van der Waals surface area (Å²) in [4.78, 5) is 12.2. The second-order valence-electron chi connectivity index (χ2n) is 2.15. The molecule has 10 heavy (non-hydrogen) atoms. The number of halogens is 1. The van der Waals surface area contributed by atoms with Crippen molar-refractivity contribution in [3.05, 3.63) is 0 Å². The van der Waals surface area contributed by atoms with E-state index in [1.165, 1.54) is 12.0 Å². The van der Waals surface area contributed by atoms with Gasteiger partial charge in [-0.1, -0.05) is 0 Å². The monoisotopic (exact) mass is 165 g/mol. The average molecular weight is 166 g/mol. The van der Waals surface area contributed by atoms with E-state index in [2.05, 4.69) is 4.74 Å². The van der Waals surface area contributed by atoms with Gasteiger partial charge in [0.1, 0.15) is 0 Å². The molecule has 0 saturated carbocycles. The topological polar surface area (TPSA) is 29.5 Å². The lowest BCUT2D eigenvalue weighted by Gasteiger charge is -2.21. The molecule has 0 N–H and O–H groups in total. The van der Waals surface area contributed by atoms with E-state index in [9.17, 15) is 4.79 Å². The Balaban J connectivity index is 3.93. The molecule has 4 heteroatoms. The minimum Gasteiger partial charge on any atom is -0.453 e. The third kappa shape index (κ3) is 2.43. The normalized spacial score (nSPS) is 9.70. The van der Waals surface area contributed by atoms with Gasteiger partial charge < -0.3 is 4.74 Å². The number of amides is 1. The number of alkyl halides is 1. The molecule has 0 heterocycles. The first-order valence-corrected chi connectivity index (χ1v) is 3.57. The van der Waals surface area contributed by atoms with Crippen molar-refractivity contribution in [3.63, 3.8) is 0 Å². The number of carbonyl (C=O) groups excluding carboxylic acids is 1. The van der Waals surface area contributed by atoms with Crippen molar-refractivity contribution in [2.75, 3.05) is 13.1 Å². The molecule has 0 atom stereocenters. The predicted molar refractivity (Wildman–Crippen MR) is 40.1 cm³/mol. The number of nitrogens with zero attached hydrogens (tertiary/aromatic N) is 1. The first kappa shape index (κ1) is 9.56. The molecule has 0 fully saturated rings. The predicted octanol–water partition coefficient (Wildman–Crippen LogP) is 1.66. The molecule has 0 rings (SSSR count). The second kappa shape index (κ2) is 4.39. The zero-order valence-electron chi connectivity index (χ0n) is 6.43. The summed E-state index contributed by atoms with van der Waals surface area (Å²) >= 11 is 5.46. The van der Waals surface area contributed by atoms with E-state index in [-0.39, 0.29) is 18.1 Å². The zero-order valence-corrected chi connectivity index (χ0v) is 7.18. The quantitative estimate of drug-likeness (QED) is 0.460. The van der Waals surface area contributed by atoms with Crippen LogP contribution in [0, 0.1) is 0 Å². The molecule has 0 bridgehead atoms.